The van der Waals surface area contributed by atoms with Crippen LogP contribution in [0.3, 0.4) is 0 Å². The second-order valence-corrected chi connectivity index (χ2v) is 11.8. The molecule has 2 saturated heterocycles. The van der Waals surface area contributed by atoms with E-state index in [9.17, 15) is 9.59 Å². The van der Waals surface area contributed by atoms with Crippen molar-refractivity contribution in [3.05, 3.63) is 106 Å². The van der Waals surface area contributed by atoms with Gasteiger partial charge in [-0.2, -0.15) is 0 Å². The molecule has 0 aromatic heterocycles. The Kier molecular flexibility index (Phi) is 9.05. The predicted molar refractivity (Wildman–Crippen MR) is 163 cm³/mol. The standard InChI is InChI=1S/C33H37Cl2N3O3/c1-3-37-19-11-10-16-31(37)41-33(27-17-18-28(34)29(35)20-27)23-38(22-25-12-6-4-7-13-25)30(40)21-32(33,36-24(2)39)26-14-8-5-9-15-26/h4-9,12-15,17-18,20,31H,3,10-11,16,19,21-23H2,1-2H3,(H,36,39). The number of nitrogens with zero attached hydrogens (tertiary/aromatic N) is 2. The van der Waals surface area contributed by atoms with Crippen molar-refractivity contribution in [2.75, 3.05) is 19.6 Å². The van der Waals surface area contributed by atoms with E-state index in [1.807, 2.05) is 77.7 Å². The van der Waals surface area contributed by atoms with E-state index in [-0.39, 0.29) is 31.0 Å². The van der Waals surface area contributed by atoms with E-state index >= 15 is 0 Å². The molecule has 216 valence electrons. The summed E-state index contributed by atoms with van der Waals surface area (Å²) in [6, 6.07) is 25.2. The van der Waals surface area contributed by atoms with Gasteiger partial charge in [-0.3, -0.25) is 14.5 Å². The van der Waals surface area contributed by atoms with Gasteiger partial charge in [0.15, 0.2) is 0 Å². The van der Waals surface area contributed by atoms with Gasteiger partial charge < -0.3 is 15.0 Å². The van der Waals surface area contributed by atoms with Crippen LogP contribution < -0.4 is 5.32 Å². The molecule has 5 rings (SSSR count). The first-order chi connectivity index (χ1) is 19.8. The molecule has 0 spiro atoms. The van der Waals surface area contributed by atoms with E-state index in [1.54, 1.807) is 6.07 Å². The molecule has 6 nitrogen and oxygen atoms in total. The number of hydrogen-bond acceptors (Lipinski definition) is 4. The number of ether oxygens (including phenoxy) is 1. The molecule has 41 heavy (non-hydrogen) atoms. The highest BCUT2D eigenvalue weighted by atomic mass is 35.5. The Balaban J connectivity index is 1.76. The minimum Gasteiger partial charge on any atom is -0.347 e. The molecule has 0 bridgehead atoms. The lowest BCUT2D eigenvalue weighted by molar-refractivity contribution is -0.230. The molecule has 3 atom stereocenters. The number of benzene rings is 3. The fraction of sp³-hybridized carbons (Fsp3) is 0.394. The monoisotopic (exact) mass is 593 g/mol. The number of carbonyl (C=O) groups excluding carboxylic acids is 2. The Bertz CT molecular complexity index is 1370. The minimum absolute atomic E-state index is 0.0164. The van der Waals surface area contributed by atoms with Gasteiger partial charge in [0.25, 0.3) is 0 Å². The van der Waals surface area contributed by atoms with E-state index < -0.39 is 11.1 Å². The zero-order chi connectivity index (χ0) is 29.0. The van der Waals surface area contributed by atoms with E-state index in [0.717, 1.165) is 49.0 Å². The van der Waals surface area contributed by atoms with Crippen molar-refractivity contribution in [2.24, 2.45) is 0 Å². The molecular weight excluding hydrogens is 557 g/mol. The van der Waals surface area contributed by atoms with Crippen LogP contribution >= 0.6 is 23.2 Å². The highest BCUT2D eigenvalue weighted by Crippen LogP contribution is 2.52. The summed E-state index contributed by atoms with van der Waals surface area (Å²) in [7, 11) is 0. The summed E-state index contributed by atoms with van der Waals surface area (Å²) in [5.41, 5.74) is 0.179. The predicted octanol–water partition coefficient (Wildman–Crippen LogP) is 6.50. The quantitative estimate of drug-likeness (QED) is 0.324. The molecule has 2 heterocycles. The van der Waals surface area contributed by atoms with Gasteiger partial charge in [0.1, 0.15) is 17.4 Å². The zero-order valence-electron chi connectivity index (χ0n) is 23.6. The Hall–Kier alpha value is -2.90. The minimum atomic E-state index is -1.21. The molecule has 8 heteroatoms. The topological polar surface area (TPSA) is 61.9 Å². The van der Waals surface area contributed by atoms with Gasteiger partial charge in [0.2, 0.25) is 11.8 Å². The highest BCUT2D eigenvalue weighted by molar-refractivity contribution is 6.42. The molecule has 3 aromatic carbocycles. The van der Waals surface area contributed by atoms with Crippen molar-refractivity contribution in [3.8, 4) is 0 Å². The maximum atomic E-state index is 14.1. The first-order valence-electron chi connectivity index (χ1n) is 14.3. The maximum Gasteiger partial charge on any atom is 0.225 e. The molecule has 3 unspecified atom stereocenters. The summed E-state index contributed by atoms with van der Waals surface area (Å²) in [6.45, 7) is 6.00. The highest BCUT2D eigenvalue weighted by Gasteiger charge is 2.62. The van der Waals surface area contributed by atoms with Crippen LogP contribution in [0.2, 0.25) is 10.0 Å². The van der Waals surface area contributed by atoms with Gasteiger partial charge >= 0.3 is 0 Å². The van der Waals surface area contributed by atoms with Crippen LogP contribution in [0.4, 0.5) is 0 Å². The molecule has 3 aromatic rings. The van der Waals surface area contributed by atoms with Gasteiger partial charge in [-0.15, -0.1) is 0 Å². The zero-order valence-corrected chi connectivity index (χ0v) is 25.1. The third-order valence-corrected chi connectivity index (χ3v) is 9.17. The number of likely N-dealkylation sites (tertiary alicyclic amines) is 2. The molecule has 1 N–H and O–H groups in total. The second-order valence-electron chi connectivity index (χ2n) is 11.0. The van der Waals surface area contributed by atoms with Crippen LogP contribution in [0.5, 0.6) is 0 Å². The number of hydrogen-bond donors (Lipinski definition) is 1. The number of amides is 2. The molecule has 2 fully saturated rings. The van der Waals surface area contributed by atoms with E-state index in [0.29, 0.717) is 16.6 Å². The van der Waals surface area contributed by atoms with Crippen molar-refractivity contribution < 1.29 is 14.3 Å². The summed E-state index contributed by atoms with van der Waals surface area (Å²) in [5.74, 6) is -0.316. The first kappa shape index (κ1) is 29.6. The fourth-order valence-electron chi connectivity index (χ4n) is 6.48. The van der Waals surface area contributed by atoms with Crippen LogP contribution in [0.15, 0.2) is 78.9 Å². The number of carbonyl (C=O) groups is 2. The van der Waals surface area contributed by atoms with Crippen molar-refractivity contribution >= 4 is 35.0 Å². The van der Waals surface area contributed by atoms with Gasteiger partial charge in [-0.05, 0) is 54.6 Å². The van der Waals surface area contributed by atoms with Crippen molar-refractivity contribution in [1.82, 2.24) is 15.1 Å². The maximum absolute atomic E-state index is 14.1. The van der Waals surface area contributed by atoms with Crippen molar-refractivity contribution in [2.45, 2.75) is 63.4 Å². The van der Waals surface area contributed by atoms with Gasteiger partial charge in [0, 0.05) is 20.0 Å². The Morgan fingerprint density at radius 2 is 1.68 bits per heavy atom. The lowest BCUT2D eigenvalue weighted by atomic mass is 9.65. The third kappa shape index (κ3) is 5.89. The summed E-state index contributed by atoms with van der Waals surface area (Å²) in [6.07, 6.45) is 2.77. The average molecular weight is 595 g/mol. The Labute approximate surface area is 252 Å². The molecule has 0 aliphatic carbocycles. The van der Waals surface area contributed by atoms with Crippen LogP contribution in [-0.4, -0.2) is 47.5 Å². The molecular formula is C33H37Cl2N3O3. The summed E-state index contributed by atoms with van der Waals surface area (Å²) in [4.78, 5) is 31.3. The molecule has 2 aliphatic heterocycles. The van der Waals surface area contributed by atoms with Crippen LogP contribution in [0, 0.1) is 0 Å². The summed E-state index contributed by atoms with van der Waals surface area (Å²) in [5, 5.41) is 4.08. The SMILES string of the molecule is CCN1CCCCC1OC1(c2ccc(Cl)c(Cl)c2)CN(Cc2ccccc2)C(=O)CC1(NC(C)=O)c1ccccc1. The summed E-state index contributed by atoms with van der Waals surface area (Å²) >= 11 is 13.1. The third-order valence-electron chi connectivity index (χ3n) is 8.43. The molecule has 0 saturated carbocycles. The number of nitrogens with one attached hydrogen (secondary N) is 1. The smallest absolute Gasteiger partial charge is 0.225 e. The Morgan fingerprint density at radius 3 is 2.34 bits per heavy atom. The van der Waals surface area contributed by atoms with E-state index in [1.165, 1.54) is 6.92 Å². The number of rotatable bonds is 8. The van der Waals surface area contributed by atoms with Gasteiger partial charge in [0.05, 0.1) is 23.0 Å². The lowest BCUT2D eigenvalue weighted by Crippen LogP contribution is -2.71. The lowest BCUT2D eigenvalue weighted by Gasteiger charge is -2.57. The number of halogens is 2. The van der Waals surface area contributed by atoms with Crippen molar-refractivity contribution in [3.63, 3.8) is 0 Å². The van der Waals surface area contributed by atoms with Crippen molar-refractivity contribution in [1.29, 1.82) is 0 Å². The Morgan fingerprint density at radius 1 is 0.976 bits per heavy atom. The molecule has 2 amide bonds. The van der Waals surface area contributed by atoms with E-state index in [4.69, 9.17) is 27.9 Å². The largest absolute Gasteiger partial charge is 0.347 e. The fourth-order valence-corrected chi connectivity index (χ4v) is 6.77. The van der Waals surface area contributed by atoms with Crippen LogP contribution in [0.25, 0.3) is 0 Å². The van der Waals surface area contributed by atoms with Crippen LogP contribution in [-0.2, 0) is 32.0 Å². The molecule has 2 aliphatic rings. The van der Waals surface area contributed by atoms with Crippen LogP contribution in [0.1, 0.15) is 56.2 Å². The number of piperidine rings is 2. The molecule has 0 radical (unpaired) electrons. The van der Waals surface area contributed by atoms with E-state index in [2.05, 4.69) is 17.1 Å². The first-order valence-corrected chi connectivity index (χ1v) is 15.1. The van der Waals surface area contributed by atoms with Gasteiger partial charge in [-0.25, -0.2) is 0 Å². The second kappa shape index (κ2) is 12.5. The van der Waals surface area contributed by atoms with Gasteiger partial charge in [-0.1, -0.05) is 96.9 Å². The normalized spacial score (nSPS) is 25.2. The average Bonchev–Trinajstić information content (AvgIpc) is 2.98. The summed E-state index contributed by atoms with van der Waals surface area (Å²) < 4.78 is 7.41.